The third kappa shape index (κ3) is 3.29. The van der Waals surface area contributed by atoms with Gasteiger partial charge in [0.15, 0.2) is 0 Å². The number of hydrogen-bond donors (Lipinski definition) is 2. The average Bonchev–Trinajstić information content (AvgIpc) is 1.85. The molecule has 0 aliphatic rings. The van der Waals surface area contributed by atoms with Crippen molar-refractivity contribution in [2.24, 2.45) is 16.8 Å². The number of rotatable bonds is 3. The molecule has 0 saturated carbocycles. The van der Waals surface area contributed by atoms with E-state index in [-0.39, 0.29) is 11.8 Å². The van der Waals surface area contributed by atoms with Gasteiger partial charge in [0, 0.05) is 12.5 Å². The molecule has 0 radical (unpaired) electrons. The quantitative estimate of drug-likeness (QED) is 0.253. The molecule has 0 aromatic rings. The summed E-state index contributed by atoms with van der Waals surface area (Å²) in [5, 5.41) is 11.2. The van der Waals surface area contributed by atoms with Crippen LogP contribution in [0, 0.1) is 5.92 Å². The molecule has 4 heteroatoms. The molecule has 0 aliphatic carbocycles. The first-order valence-electron chi connectivity index (χ1n) is 3.20. The highest BCUT2D eigenvalue weighted by atomic mass is 16.4. The van der Waals surface area contributed by atoms with Crippen molar-refractivity contribution in [3.8, 4) is 0 Å². The van der Waals surface area contributed by atoms with Gasteiger partial charge >= 0.3 is 0 Å². The van der Waals surface area contributed by atoms with E-state index in [1.54, 1.807) is 0 Å². The van der Waals surface area contributed by atoms with Crippen LogP contribution in [0.15, 0.2) is 5.16 Å². The SMILES string of the molecule is CC(CN(C)C)/C(N)=N/O. The molecule has 0 fully saturated rings. The molecular weight excluding hydrogens is 130 g/mol. The molecule has 0 heterocycles. The first-order chi connectivity index (χ1) is 4.57. The normalized spacial score (nSPS) is 15.8. The van der Waals surface area contributed by atoms with E-state index in [0.717, 1.165) is 6.54 Å². The van der Waals surface area contributed by atoms with Crippen LogP contribution in [-0.4, -0.2) is 36.6 Å². The molecule has 0 bridgehead atoms. The second kappa shape index (κ2) is 4.11. The Morgan fingerprint density at radius 1 is 1.70 bits per heavy atom. The van der Waals surface area contributed by atoms with E-state index in [2.05, 4.69) is 5.16 Å². The van der Waals surface area contributed by atoms with Gasteiger partial charge in [0.25, 0.3) is 0 Å². The Labute approximate surface area is 61.3 Å². The molecule has 0 spiro atoms. The lowest BCUT2D eigenvalue weighted by Crippen LogP contribution is -2.30. The lowest BCUT2D eigenvalue weighted by molar-refractivity contribution is 0.309. The average molecular weight is 145 g/mol. The first kappa shape index (κ1) is 9.23. The van der Waals surface area contributed by atoms with Crippen LogP contribution in [0.2, 0.25) is 0 Å². The van der Waals surface area contributed by atoms with E-state index in [9.17, 15) is 0 Å². The molecule has 0 aliphatic heterocycles. The predicted octanol–water partition coefficient (Wildman–Crippen LogP) is -0.0695. The minimum Gasteiger partial charge on any atom is -0.409 e. The van der Waals surface area contributed by atoms with Crippen molar-refractivity contribution in [2.75, 3.05) is 20.6 Å². The van der Waals surface area contributed by atoms with Gasteiger partial charge in [0.2, 0.25) is 0 Å². The number of amidine groups is 1. The molecule has 3 N–H and O–H groups in total. The molecule has 0 rings (SSSR count). The second-order valence-electron chi connectivity index (χ2n) is 2.69. The highest BCUT2D eigenvalue weighted by Gasteiger charge is 2.07. The smallest absolute Gasteiger partial charge is 0.143 e. The molecule has 0 saturated heterocycles. The maximum absolute atomic E-state index is 8.26. The Hall–Kier alpha value is -0.770. The monoisotopic (exact) mass is 145 g/mol. The van der Waals surface area contributed by atoms with Gasteiger partial charge in [-0.05, 0) is 14.1 Å². The van der Waals surface area contributed by atoms with Crippen LogP contribution in [0.3, 0.4) is 0 Å². The summed E-state index contributed by atoms with van der Waals surface area (Å²) in [5.74, 6) is 0.397. The molecule has 1 atom stereocenters. The largest absolute Gasteiger partial charge is 0.409 e. The van der Waals surface area contributed by atoms with Crippen molar-refractivity contribution in [3.63, 3.8) is 0 Å². The van der Waals surface area contributed by atoms with Gasteiger partial charge in [-0.15, -0.1) is 0 Å². The van der Waals surface area contributed by atoms with Crippen molar-refractivity contribution in [1.82, 2.24) is 4.90 Å². The molecule has 10 heavy (non-hydrogen) atoms. The van der Waals surface area contributed by atoms with Crippen LogP contribution in [-0.2, 0) is 0 Å². The van der Waals surface area contributed by atoms with Crippen molar-refractivity contribution >= 4 is 5.84 Å². The Morgan fingerprint density at radius 2 is 2.20 bits per heavy atom. The van der Waals surface area contributed by atoms with Gasteiger partial charge in [0.05, 0.1) is 0 Å². The Morgan fingerprint density at radius 3 is 2.50 bits per heavy atom. The highest BCUT2D eigenvalue weighted by Crippen LogP contribution is 1.95. The zero-order chi connectivity index (χ0) is 8.15. The van der Waals surface area contributed by atoms with Crippen LogP contribution >= 0.6 is 0 Å². The Bertz CT molecular complexity index is 122. The molecular formula is C6H15N3O. The zero-order valence-corrected chi connectivity index (χ0v) is 6.70. The van der Waals surface area contributed by atoms with Gasteiger partial charge in [-0.3, -0.25) is 0 Å². The Balaban J connectivity index is 3.73. The minimum atomic E-state index is 0.111. The number of nitrogens with two attached hydrogens (primary N) is 1. The summed E-state index contributed by atoms with van der Waals surface area (Å²) in [6.45, 7) is 2.71. The maximum Gasteiger partial charge on any atom is 0.143 e. The van der Waals surface area contributed by atoms with Crippen molar-refractivity contribution in [3.05, 3.63) is 0 Å². The topological polar surface area (TPSA) is 61.8 Å². The minimum absolute atomic E-state index is 0.111. The van der Waals surface area contributed by atoms with Crippen molar-refractivity contribution in [2.45, 2.75) is 6.92 Å². The van der Waals surface area contributed by atoms with E-state index >= 15 is 0 Å². The fraction of sp³-hybridized carbons (Fsp3) is 0.833. The van der Waals surface area contributed by atoms with E-state index in [4.69, 9.17) is 10.9 Å². The zero-order valence-electron chi connectivity index (χ0n) is 6.70. The number of nitrogens with zero attached hydrogens (tertiary/aromatic N) is 2. The summed E-state index contributed by atoms with van der Waals surface area (Å²) < 4.78 is 0. The van der Waals surface area contributed by atoms with Gasteiger partial charge in [-0.2, -0.15) is 0 Å². The van der Waals surface area contributed by atoms with Gasteiger partial charge < -0.3 is 15.8 Å². The van der Waals surface area contributed by atoms with Gasteiger partial charge in [0.1, 0.15) is 5.84 Å². The van der Waals surface area contributed by atoms with E-state index in [1.165, 1.54) is 0 Å². The summed E-state index contributed by atoms with van der Waals surface area (Å²) >= 11 is 0. The molecule has 0 aromatic heterocycles. The summed E-state index contributed by atoms with van der Waals surface area (Å²) in [4.78, 5) is 1.99. The van der Waals surface area contributed by atoms with E-state index in [1.807, 2.05) is 25.9 Å². The summed E-state index contributed by atoms with van der Waals surface area (Å²) in [6.07, 6.45) is 0. The van der Waals surface area contributed by atoms with Crippen LogP contribution < -0.4 is 5.73 Å². The van der Waals surface area contributed by atoms with E-state index in [0.29, 0.717) is 0 Å². The molecule has 0 aromatic carbocycles. The lowest BCUT2D eigenvalue weighted by Gasteiger charge is -2.14. The third-order valence-electron chi connectivity index (χ3n) is 1.26. The number of hydrogen-bond acceptors (Lipinski definition) is 3. The Kier molecular flexibility index (Phi) is 3.79. The molecule has 1 unspecified atom stereocenters. The highest BCUT2D eigenvalue weighted by molar-refractivity contribution is 5.82. The molecule has 60 valence electrons. The summed E-state index contributed by atoms with van der Waals surface area (Å²) in [5.41, 5.74) is 5.34. The van der Waals surface area contributed by atoms with Gasteiger partial charge in [-0.25, -0.2) is 0 Å². The van der Waals surface area contributed by atoms with E-state index < -0.39 is 0 Å². The number of oxime groups is 1. The van der Waals surface area contributed by atoms with Crippen LogP contribution in [0.4, 0.5) is 0 Å². The summed E-state index contributed by atoms with van der Waals surface area (Å²) in [7, 11) is 3.89. The third-order valence-corrected chi connectivity index (χ3v) is 1.26. The van der Waals surface area contributed by atoms with Crippen molar-refractivity contribution < 1.29 is 5.21 Å². The predicted molar refractivity (Wildman–Crippen MR) is 41.1 cm³/mol. The molecule has 0 amide bonds. The fourth-order valence-corrected chi connectivity index (χ4v) is 0.740. The first-order valence-corrected chi connectivity index (χ1v) is 3.20. The second-order valence-corrected chi connectivity index (χ2v) is 2.69. The van der Waals surface area contributed by atoms with Gasteiger partial charge in [-0.1, -0.05) is 12.1 Å². The van der Waals surface area contributed by atoms with Crippen LogP contribution in [0.5, 0.6) is 0 Å². The maximum atomic E-state index is 8.26. The van der Waals surface area contributed by atoms with Crippen LogP contribution in [0.1, 0.15) is 6.92 Å². The van der Waals surface area contributed by atoms with Crippen LogP contribution in [0.25, 0.3) is 0 Å². The fourth-order valence-electron chi connectivity index (χ4n) is 0.740. The molecule has 4 nitrogen and oxygen atoms in total. The van der Waals surface area contributed by atoms with Crippen molar-refractivity contribution in [1.29, 1.82) is 0 Å². The standard InChI is InChI=1S/C6H15N3O/c1-5(4-9(2)3)6(7)8-10/h5,10H,4H2,1-3H3,(H2,7,8). The lowest BCUT2D eigenvalue weighted by atomic mass is 10.1. The summed E-state index contributed by atoms with van der Waals surface area (Å²) in [6, 6.07) is 0.